The summed E-state index contributed by atoms with van der Waals surface area (Å²) in [6.45, 7) is 4.02. The molecule has 2 N–H and O–H groups in total. The molecule has 0 saturated carbocycles. The highest BCUT2D eigenvalue weighted by Crippen LogP contribution is 2.06. The number of nitrogens with zero attached hydrogens (tertiary/aromatic N) is 1. The van der Waals surface area contributed by atoms with Crippen LogP contribution < -0.4 is 5.32 Å². The zero-order valence-corrected chi connectivity index (χ0v) is 12.4. The third kappa shape index (κ3) is 6.14. The van der Waals surface area contributed by atoms with Gasteiger partial charge in [-0.2, -0.15) is 11.8 Å². The molecule has 0 bridgehead atoms. The lowest BCUT2D eigenvalue weighted by atomic mass is 10.2. The van der Waals surface area contributed by atoms with Crippen LogP contribution in [0.4, 0.5) is 4.79 Å². The smallest absolute Gasteiger partial charge is 0.326 e. The SMILES string of the molecule is CCCC(C)N(C)C(=O)N[C@H](CCSC)C(=O)O. The van der Waals surface area contributed by atoms with E-state index in [-0.39, 0.29) is 12.1 Å². The number of urea groups is 1. The van der Waals surface area contributed by atoms with Crippen molar-refractivity contribution in [2.45, 2.75) is 45.2 Å². The third-order valence-corrected chi connectivity index (χ3v) is 3.54. The molecule has 0 aromatic heterocycles. The van der Waals surface area contributed by atoms with Gasteiger partial charge in [0, 0.05) is 13.1 Å². The Labute approximate surface area is 113 Å². The number of amides is 2. The van der Waals surface area contributed by atoms with Crippen molar-refractivity contribution in [2.24, 2.45) is 0 Å². The Balaban J connectivity index is 4.35. The minimum Gasteiger partial charge on any atom is -0.480 e. The first-order valence-corrected chi connectivity index (χ1v) is 7.58. The zero-order valence-electron chi connectivity index (χ0n) is 11.6. The topological polar surface area (TPSA) is 69.6 Å². The Hall–Kier alpha value is -0.910. The van der Waals surface area contributed by atoms with Gasteiger partial charge < -0.3 is 15.3 Å². The van der Waals surface area contributed by atoms with Gasteiger partial charge in [0.05, 0.1) is 0 Å². The van der Waals surface area contributed by atoms with Gasteiger partial charge in [-0.1, -0.05) is 13.3 Å². The molecule has 0 heterocycles. The molecule has 0 aromatic rings. The largest absolute Gasteiger partial charge is 0.480 e. The van der Waals surface area contributed by atoms with Crippen LogP contribution in [0.25, 0.3) is 0 Å². The van der Waals surface area contributed by atoms with Crippen molar-refractivity contribution in [3.63, 3.8) is 0 Å². The Morgan fingerprint density at radius 2 is 2.00 bits per heavy atom. The van der Waals surface area contributed by atoms with E-state index in [2.05, 4.69) is 12.2 Å². The van der Waals surface area contributed by atoms with Gasteiger partial charge in [-0.05, 0) is 31.8 Å². The van der Waals surface area contributed by atoms with Crippen LogP contribution in [0.5, 0.6) is 0 Å². The van der Waals surface area contributed by atoms with E-state index in [1.54, 1.807) is 23.7 Å². The summed E-state index contributed by atoms with van der Waals surface area (Å²) in [5, 5.41) is 11.6. The maximum absolute atomic E-state index is 11.9. The lowest BCUT2D eigenvalue weighted by Crippen LogP contribution is -2.49. The fraction of sp³-hybridized carbons (Fsp3) is 0.833. The Morgan fingerprint density at radius 3 is 2.44 bits per heavy atom. The zero-order chi connectivity index (χ0) is 14.1. The fourth-order valence-corrected chi connectivity index (χ4v) is 2.03. The van der Waals surface area contributed by atoms with Crippen molar-refractivity contribution >= 4 is 23.8 Å². The molecule has 0 spiro atoms. The summed E-state index contributed by atoms with van der Waals surface area (Å²) >= 11 is 1.57. The number of thioether (sulfide) groups is 1. The first-order valence-electron chi connectivity index (χ1n) is 6.19. The number of nitrogens with one attached hydrogen (secondary N) is 1. The average molecular weight is 276 g/mol. The quantitative estimate of drug-likeness (QED) is 0.711. The van der Waals surface area contributed by atoms with E-state index in [4.69, 9.17) is 5.11 Å². The van der Waals surface area contributed by atoms with Gasteiger partial charge in [-0.25, -0.2) is 9.59 Å². The average Bonchev–Trinajstić information content (AvgIpc) is 2.33. The fourth-order valence-electron chi connectivity index (χ4n) is 1.56. The Kier molecular flexibility index (Phi) is 8.62. The molecular weight excluding hydrogens is 252 g/mol. The summed E-state index contributed by atoms with van der Waals surface area (Å²) in [6, 6.07) is -1.00. The molecule has 106 valence electrons. The molecule has 0 aliphatic heterocycles. The van der Waals surface area contributed by atoms with Gasteiger partial charge in [-0.3, -0.25) is 0 Å². The standard InChI is InChI=1S/C12H24N2O3S/c1-5-6-9(2)14(3)12(17)13-10(11(15)16)7-8-18-4/h9-10H,5-8H2,1-4H3,(H,13,17)(H,15,16)/t9?,10-/m1/s1. The van der Waals surface area contributed by atoms with Crippen molar-refractivity contribution in [3.05, 3.63) is 0 Å². The van der Waals surface area contributed by atoms with E-state index in [0.29, 0.717) is 12.2 Å². The third-order valence-electron chi connectivity index (χ3n) is 2.89. The van der Waals surface area contributed by atoms with Crippen LogP contribution in [-0.4, -0.2) is 53.1 Å². The molecule has 0 radical (unpaired) electrons. The van der Waals surface area contributed by atoms with E-state index >= 15 is 0 Å². The second kappa shape index (κ2) is 9.08. The summed E-state index contributed by atoms with van der Waals surface area (Å²) in [5.41, 5.74) is 0. The van der Waals surface area contributed by atoms with E-state index in [1.165, 1.54) is 0 Å². The van der Waals surface area contributed by atoms with E-state index in [0.717, 1.165) is 12.8 Å². The van der Waals surface area contributed by atoms with Gasteiger partial charge in [0.15, 0.2) is 0 Å². The summed E-state index contributed by atoms with van der Waals surface area (Å²) in [7, 11) is 1.70. The number of carboxylic acids is 1. The number of aliphatic carboxylic acids is 1. The van der Waals surface area contributed by atoms with Crippen LogP contribution in [-0.2, 0) is 4.79 Å². The molecular formula is C12H24N2O3S. The maximum atomic E-state index is 11.9. The van der Waals surface area contributed by atoms with Gasteiger partial charge in [-0.15, -0.1) is 0 Å². The van der Waals surface area contributed by atoms with Crippen molar-refractivity contribution in [1.82, 2.24) is 10.2 Å². The van der Waals surface area contributed by atoms with E-state index in [9.17, 15) is 9.59 Å². The van der Waals surface area contributed by atoms with Crippen molar-refractivity contribution < 1.29 is 14.7 Å². The number of hydrogen-bond acceptors (Lipinski definition) is 3. The molecule has 1 unspecified atom stereocenters. The molecule has 0 aliphatic carbocycles. The van der Waals surface area contributed by atoms with E-state index < -0.39 is 12.0 Å². The predicted molar refractivity (Wildman–Crippen MR) is 75.1 cm³/mol. The molecule has 2 amide bonds. The second-order valence-electron chi connectivity index (χ2n) is 4.37. The highest BCUT2D eigenvalue weighted by molar-refractivity contribution is 7.98. The molecule has 18 heavy (non-hydrogen) atoms. The minimum absolute atomic E-state index is 0.116. The molecule has 0 fully saturated rings. The van der Waals surface area contributed by atoms with Crippen LogP contribution in [0.15, 0.2) is 0 Å². The lowest BCUT2D eigenvalue weighted by molar-refractivity contribution is -0.139. The van der Waals surface area contributed by atoms with Crippen LogP contribution in [0.2, 0.25) is 0 Å². The van der Waals surface area contributed by atoms with Crippen LogP contribution in [0.3, 0.4) is 0 Å². The predicted octanol–water partition coefficient (Wildman–Crippen LogP) is 2.02. The molecule has 0 aromatic carbocycles. The number of carbonyl (C=O) groups excluding carboxylic acids is 1. The van der Waals surface area contributed by atoms with E-state index in [1.807, 2.05) is 13.2 Å². The highest BCUT2D eigenvalue weighted by atomic mass is 32.2. The van der Waals surface area contributed by atoms with Crippen molar-refractivity contribution in [3.8, 4) is 0 Å². The van der Waals surface area contributed by atoms with Crippen LogP contribution in [0, 0.1) is 0 Å². The van der Waals surface area contributed by atoms with Crippen LogP contribution >= 0.6 is 11.8 Å². The van der Waals surface area contributed by atoms with Gasteiger partial charge in [0.1, 0.15) is 6.04 Å². The minimum atomic E-state index is -0.978. The molecule has 2 atom stereocenters. The summed E-state index contributed by atoms with van der Waals surface area (Å²) in [6.07, 6.45) is 4.26. The maximum Gasteiger partial charge on any atom is 0.326 e. The summed E-state index contributed by atoms with van der Waals surface area (Å²) < 4.78 is 0. The number of carbonyl (C=O) groups is 2. The molecule has 0 saturated heterocycles. The Morgan fingerprint density at radius 1 is 1.39 bits per heavy atom. The molecule has 6 heteroatoms. The first kappa shape index (κ1) is 17.1. The number of hydrogen-bond donors (Lipinski definition) is 2. The van der Waals surface area contributed by atoms with Crippen LogP contribution in [0.1, 0.15) is 33.1 Å². The lowest BCUT2D eigenvalue weighted by Gasteiger charge is -2.26. The summed E-state index contributed by atoms with van der Waals surface area (Å²) in [4.78, 5) is 24.5. The van der Waals surface area contributed by atoms with Gasteiger partial charge in [0.2, 0.25) is 0 Å². The Bertz CT molecular complexity index is 274. The number of carboxylic acid groups (broad SMARTS) is 1. The van der Waals surface area contributed by atoms with Gasteiger partial charge in [0.25, 0.3) is 0 Å². The second-order valence-corrected chi connectivity index (χ2v) is 5.36. The van der Waals surface area contributed by atoms with Gasteiger partial charge >= 0.3 is 12.0 Å². The molecule has 0 aliphatic rings. The van der Waals surface area contributed by atoms with Crippen molar-refractivity contribution in [2.75, 3.05) is 19.1 Å². The summed E-state index contributed by atoms with van der Waals surface area (Å²) in [5.74, 6) is -0.264. The first-order chi connectivity index (χ1) is 8.43. The van der Waals surface area contributed by atoms with Crippen molar-refractivity contribution in [1.29, 1.82) is 0 Å². The highest BCUT2D eigenvalue weighted by Gasteiger charge is 2.22. The monoisotopic (exact) mass is 276 g/mol. The number of rotatable bonds is 8. The normalized spacial score (nSPS) is 13.8. The molecule has 0 rings (SSSR count). The molecule has 5 nitrogen and oxygen atoms in total.